The van der Waals surface area contributed by atoms with Crippen LogP contribution in [0.4, 0.5) is 0 Å². The Labute approximate surface area is 84.1 Å². The van der Waals surface area contributed by atoms with E-state index in [0.29, 0.717) is 0 Å². The molecule has 0 rings (SSSR count). The number of hydrogen-bond donors (Lipinski definition) is 2. The Kier molecular flexibility index (Phi) is 11.2. The van der Waals surface area contributed by atoms with Gasteiger partial charge in [-0.3, -0.25) is 4.79 Å². The molecule has 0 fully saturated rings. The van der Waals surface area contributed by atoms with E-state index >= 15 is 0 Å². The van der Waals surface area contributed by atoms with Gasteiger partial charge >= 0.3 is 5.97 Å². The molecule has 0 bridgehead atoms. The molecule has 0 atom stereocenters. The zero-order valence-electron chi connectivity index (χ0n) is 3.51. The van der Waals surface area contributed by atoms with E-state index in [1.165, 1.54) is 0 Å². The van der Waals surface area contributed by atoms with Crippen LogP contribution in [-0.4, -0.2) is 68.2 Å². The summed E-state index contributed by atoms with van der Waals surface area (Å²) in [7, 11) is 0. The molecule has 31 valence electrons. The fraction of sp³-hybridized carbons (Fsp3) is 0.500. The first kappa shape index (κ1) is 10.4. The van der Waals surface area contributed by atoms with Gasteiger partial charge in [-0.15, -0.1) is 0 Å². The van der Waals surface area contributed by atoms with Gasteiger partial charge in [-0.25, -0.2) is 0 Å². The second-order valence-corrected chi connectivity index (χ2v) is 0.868. The largest absolute Gasteiger partial charge is 0.481 e. The first-order chi connectivity index (χ1) is 2.27. The molecule has 0 aliphatic heterocycles. The Morgan fingerprint density at radius 2 is 2.00 bits per heavy atom. The SMILES string of the molecule is O=C(O)CS.[K]. The van der Waals surface area contributed by atoms with Gasteiger partial charge in [0, 0.05) is 51.4 Å². The van der Waals surface area contributed by atoms with Crippen LogP contribution >= 0.6 is 12.6 Å². The summed E-state index contributed by atoms with van der Waals surface area (Å²) in [6, 6.07) is 0. The van der Waals surface area contributed by atoms with E-state index in [9.17, 15) is 4.79 Å². The molecular weight excluding hydrogens is 127 g/mol. The Morgan fingerprint density at radius 3 is 2.00 bits per heavy atom. The molecule has 2 nitrogen and oxygen atoms in total. The van der Waals surface area contributed by atoms with Crippen LogP contribution in [0.2, 0.25) is 0 Å². The predicted molar refractivity (Wildman–Crippen MR) is 27.2 cm³/mol. The molecule has 0 aromatic rings. The Balaban J connectivity index is 0. The molecule has 0 saturated heterocycles. The number of carboxylic acids is 1. The molecule has 0 aliphatic carbocycles. The van der Waals surface area contributed by atoms with Gasteiger partial charge in [0.15, 0.2) is 0 Å². The van der Waals surface area contributed by atoms with Crippen molar-refractivity contribution in [1.82, 2.24) is 0 Å². The minimum absolute atomic E-state index is 0. The van der Waals surface area contributed by atoms with Crippen molar-refractivity contribution in [2.24, 2.45) is 0 Å². The van der Waals surface area contributed by atoms with E-state index in [0.717, 1.165) is 0 Å². The third-order valence-corrected chi connectivity index (χ3v) is 0.406. The third kappa shape index (κ3) is 9.07. The van der Waals surface area contributed by atoms with Crippen LogP contribution in [0, 0.1) is 0 Å². The normalized spacial score (nSPS) is 6.17. The van der Waals surface area contributed by atoms with Gasteiger partial charge in [0.05, 0.1) is 5.75 Å². The van der Waals surface area contributed by atoms with Crippen molar-refractivity contribution in [1.29, 1.82) is 0 Å². The molecule has 0 unspecified atom stereocenters. The quantitative estimate of drug-likeness (QED) is 0.376. The summed E-state index contributed by atoms with van der Waals surface area (Å²) in [5.74, 6) is -0.965. The van der Waals surface area contributed by atoms with Gasteiger partial charge in [-0.05, 0) is 0 Å². The second kappa shape index (κ2) is 6.46. The summed E-state index contributed by atoms with van der Waals surface area (Å²) in [6.07, 6.45) is 0. The number of aliphatic carboxylic acids is 1. The van der Waals surface area contributed by atoms with Gasteiger partial charge < -0.3 is 5.11 Å². The summed E-state index contributed by atoms with van der Waals surface area (Å²) < 4.78 is 0. The summed E-state index contributed by atoms with van der Waals surface area (Å²) in [6.45, 7) is 0. The number of rotatable bonds is 1. The summed E-state index contributed by atoms with van der Waals surface area (Å²) in [5, 5.41) is 7.65. The molecule has 0 amide bonds. The van der Waals surface area contributed by atoms with Crippen LogP contribution in [0.3, 0.4) is 0 Å². The van der Waals surface area contributed by atoms with Crippen LogP contribution < -0.4 is 0 Å². The summed E-state index contributed by atoms with van der Waals surface area (Å²) in [4.78, 5) is 9.29. The average molecular weight is 131 g/mol. The monoisotopic (exact) mass is 131 g/mol. The molecule has 0 saturated carbocycles. The zero-order valence-corrected chi connectivity index (χ0v) is 7.53. The second-order valence-electron chi connectivity index (χ2n) is 0.552. The average Bonchev–Trinajstić information content (AvgIpc) is 1.38. The van der Waals surface area contributed by atoms with Crippen molar-refractivity contribution in [3.63, 3.8) is 0 Å². The zero-order chi connectivity index (χ0) is 4.28. The smallest absolute Gasteiger partial charge is 0.313 e. The molecule has 1 radical (unpaired) electrons. The first-order valence-corrected chi connectivity index (χ1v) is 1.73. The molecule has 0 heterocycles. The van der Waals surface area contributed by atoms with E-state index in [1.54, 1.807) is 0 Å². The first-order valence-electron chi connectivity index (χ1n) is 1.10. The summed E-state index contributed by atoms with van der Waals surface area (Å²) >= 11 is 3.42. The molecule has 0 spiro atoms. The minimum atomic E-state index is -0.881. The van der Waals surface area contributed by atoms with Crippen LogP contribution in [0.15, 0.2) is 0 Å². The van der Waals surface area contributed by atoms with Crippen molar-refractivity contribution >= 4 is 70.0 Å². The number of thiol groups is 1. The predicted octanol–water partition coefficient (Wildman–Crippen LogP) is -0.380. The number of carbonyl (C=O) groups is 1. The minimum Gasteiger partial charge on any atom is -0.481 e. The maximum absolute atomic E-state index is 9.29. The molecular formula is C2H4KO2S. The summed E-state index contributed by atoms with van der Waals surface area (Å²) in [5.41, 5.74) is 0. The van der Waals surface area contributed by atoms with Crippen molar-refractivity contribution < 1.29 is 9.90 Å². The van der Waals surface area contributed by atoms with Crippen molar-refractivity contribution in [2.75, 3.05) is 5.75 Å². The van der Waals surface area contributed by atoms with Crippen molar-refractivity contribution in [3.05, 3.63) is 0 Å². The van der Waals surface area contributed by atoms with E-state index in [-0.39, 0.29) is 57.1 Å². The third-order valence-electron chi connectivity index (χ3n) is 0.135. The van der Waals surface area contributed by atoms with E-state index in [2.05, 4.69) is 12.6 Å². The van der Waals surface area contributed by atoms with E-state index in [1.807, 2.05) is 0 Å². The molecule has 6 heavy (non-hydrogen) atoms. The Bertz CT molecular complexity index is 46.8. The van der Waals surface area contributed by atoms with Gasteiger partial charge in [0.2, 0.25) is 0 Å². The van der Waals surface area contributed by atoms with E-state index in [4.69, 9.17) is 5.11 Å². The van der Waals surface area contributed by atoms with Gasteiger partial charge in [-0.2, -0.15) is 12.6 Å². The van der Waals surface area contributed by atoms with Gasteiger partial charge in [-0.1, -0.05) is 0 Å². The topological polar surface area (TPSA) is 37.3 Å². The molecule has 0 aromatic heterocycles. The fourth-order valence-electron chi connectivity index (χ4n) is 0. The van der Waals surface area contributed by atoms with Crippen LogP contribution in [0.5, 0.6) is 0 Å². The van der Waals surface area contributed by atoms with Gasteiger partial charge in [0.25, 0.3) is 0 Å². The van der Waals surface area contributed by atoms with E-state index < -0.39 is 5.97 Å². The Hall–Kier alpha value is 1.46. The van der Waals surface area contributed by atoms with Crippen molar-refractivity contribution in [2.45, 2.75) is 0 Å². The molecule has 1 N–H and O–H groups in total. The number of hydrogen-bond acceptors (Lipinski definition) is 2. The maximum Gasteiger partial charge on any atom is 0.313 e. The fourth-order valence-corrected chi connectivity index (χ4v) is 0. The van der Waals surface area contributed by atoms with Gasteiger partial charge in [0.1, 0.15) is 0 Å². The molecule has 0 aromatic carbocycles. The number of carboxylic acid groups (broad SMARTS) is 1. The van der Waals surface area contributed by atoms with Crippen molar-refractivity contribution in [3.8, 4) is 0 Å². The van der Waals surface area contributed by atoms with Crippen LogP contribution in [0.25, 0.3) is 0 Å². The molecule has 4 heteroatoms. The standard InChI is InChI=1S/C2H4O2S.K/c3-2(4)1-5;/h5H,1H2,(H,3,4);. The van der Waals surface area contributed by atoms with Crippen LogP contribution in [0.1, 0.15) is 0 Å². The Morgan fingerprint density at radius 1 is 1.83 bits per heavy atom. The maximum atomic E-state index is 9.29. The molecule has 0 aliphatic rings. The van der Waals surface area contributed by atoms with Crippen LogP contribution in [-0.2, 0) is 4.79 Å².